The fourth-order valence-electron chi connectivity index (χ4n) is 3.42. The van der Waals surface area contributed by atoms with Gasteiger partial charge in [0, 0.05) is 10.4 Å². The Morgan fingerprint density at radius 3 is 2.52 bits per heavy atom. The van der Waals surface area contributed by atoms with Crippen LogP contribution in [0.2, 0.25) is 0 Å². The van der Waals surface area contributed by atoms with Crippen LogP contribution in [0.25, 0.3) is 0 Å². The number of carbonyl (C=O) groups is 3. The first-order valence-electron chi connectivity index (χ1n) is 10.3. The zero-order chi connectivity index (χ0) is 22.4. The zero-order valence-electron chi connectivity index (χ0n) is 17.6. The van der Waals surface area contributed by atoms with Gasteiger partial charge in [-0.15, -0.1) is 11.3 Å². The fraction of sp³-hybridized carbons (Fsp3) is 0.391. The number of aryl methyl sites for hydroxylation is 1. The number of benzene rings is 1. The Hall–Kier alpha value is -3.18. The maximum Gasteiger partial charge on any atom is 0.329 e. The van der Waals surface area contributed by atoms with E-state index in [2.05, 4.69) is 16.7 Å². The normalized spacial score (nSPS) is 14.9. The molecule has 1 heterocycles. The Bertz CT molecular complexity index is 1010. The van der Waals surface area contributed by atoms with Crippen LogP contribution in [0.4, 0.5) is 5.00 Å². The van der Waals surface area contributed by atoms with Crippen LogP contribution in [0, 0.1) is 11.3 Å². The summed E-state index contributed by atoms with van der Waals surface area (Å²) in [6.07, 6.45) is 3.93. The van der Waals surface area contributed by atoms with Gasteiger partial charge in [-0.3, -0.25) is 9.59 Å². The lowest BCUT2D eigenvalue weighted by atomic mass is 10.1. The van der Waals surface area contributed by atoms with Gasteiger partial charge in [0.15, 0.2) is 6.10 Å². The molecule has 0 bridgehead atoms. The summed E-state index contributed by atoms with van der Waals surface area (Å²) in [6.45, 7) is 2.96. The number of rotatable bonds is 6. The van der Waals surface area contributed by atoms with Crippen molar-refractivity contribution in [1.82, 2.24) is 5.32 Å². The molecule has 1 unspecified atom stereocenters. The Labute approximate surface area is 185 Å². The average molecular weight is 440 g/mol. The molecule has 2 N–H and O–H groups in total. The van der Waals surface area contributed by atoms with Gasteiger partial charge in [0.05, 0.1) is 5.56 Å². The molecule has 0 saturated heterocycles. The number of nitrogens with zero attached hydrogens (tertiary/aromatic N) is 1. The van der Waals surface area contributed by atoms with E-state index in [9.17, 15) is 19.6 Å². The summed E-state index contributed by atoms with van der Waals surface area (Å²) in [7, 11) is 0. The van der Waals surface area contributed by atoms with Crippen molar-refractivity contribution in [1.29, 1.82) is 5.26 Å². The highest BCUT2D eigenvalue weighted by molar-refractivity contribution is 7.16. The molecule has 162 valence electrons. The standard InChI is InChI=1S/C23H25N3O4S/c1-14(25-21(28)16-9-5-3-6-10-16)23(29)30-15(2)20(27)26-22-18(13-24)17-11-7-4-8-12-19(17)31-22/h3,5-6,9-10,14-15H,4,7-8,11-12H2,1-2H3,(H,25,28)(H,26,27)/t14-,15?/m0/s1. The van der Waals surface area contributed by atoms with Crippen molar-refractivity contribution < 1.29 is 19.1 Å². The van der Waals surface area contributed by atoms with Crippen molar-refractivity contribution in [2.24, 2.45) is 0 Å². The van der Waals surface area contributed by atoms with Crippen molar-refractivity contribution in [3.05, 3.63) is 51.9 Å². The van der Waals surface area contributed by atoms with Crippen molar-refractivity contribution in [3.8, 4) is 6.07 Å². The third-order valence-corrected chi connectivity index (χ3v) is 6.38. The Balaban J connectivity index is 1.58. The predicted molar refractivity (Wildman–Crippen MR) is 118 cm³/mol. The molecule has 0 fully saturated rings. The van der Waals surface area contributed by atoms with E-state index in [0.29, 0.717) is 16.1 Å². The number of hydrogen-bond donors (Lipinski definition) is 2. The molecule has 1 aromatic carbocycles. The smallest absolute Gasteiger partial charge is 0.329 e. The topological polar surface area (TPSA) is 108 Å². The summed E-state index contributed by atoms with van der Waals surface area (Å²) < 4.78 is 5.23. The summed E-state index contributed by atoms with van der Waals surface area (Å²) in [5, 5.41) is 15.4. The number of hydrogen-bond acceptors (Lipinski definition) is 6. The van der Waals surface area contributed by atoms with Crippen LogP contribution in [-0.2, 0) is 27.2 Å². The van der Waals surface area contributed by atoms with Crippen LogP contribution >= 0.6 is 11.3 Å². The predicted octanol–water partition coefficient (Wildman–Crippen LogP) is 3.58. The lowest BCUT2D eigenvalue weighted by Crippen LogP contribution is -2.42. The zero-order valence-corrected chi connectivity index (χ0v) is 18.4. The number of nitrogens with one attached hydrogen (secondary N) is 2. The molecule has 7 nitrogen and oxygen atoms in total. The largest absolute Gasteiger partial charge is 0.451 e. The van der Waals surface area contributed by atoms with Crippen LogP contribution in [0.15, 0.2) is 30.3 Å². The second-order valence-corrected chi connectivity index (χ2v) is 8.62. The van der Waals surface area contributed by atoms with Gasteiger partial charge in [0.25, 0.3) is 11.8 Å². The summed E-state index contributed by atoms with van der Waals surface area (Å²) in [4.78, 5) is 38.2. The third kappa shape index (κ3) is 5.50. The van der Waals surface area contributed by atoms with Gasteiger partial charge in [-0.2, -0.15) is 5.26 Å². The minimum atomic E-state index is -1.07. The highest BCUT2D eigenvalue weighted by Crippen LogP contribution is 2.37. The van der Waals surface area contributed by atoms with Gasteiger partial charge < -0.3 is 15.4 Å². The first-order valence-corrected chi connectivity index (χ1v) is 11.1. The van der Waals surface area contributed by atoms with Gasteiger partial charge in [-0.05, 0) is 57.2 Å². The molecule has 31 heavy (non-hydrogen) atoms. The lowest BCUT2D eigenvalue weighted by molar-refractivity contribution is -0.154. The minimum absolute atomic E-state index is 0.402. The minimum Gasteiger partial charge on any atom is -0.451 e. The lowest BCUT2D eigenvalue weighted by Gasteiger charge is -2.17. The first kappa shape index (κ1) is 22.5. The summed E-state index contributed by atoms with van der Waals surface area (Å²) >= 11 is 1.42. The van der Waals surface area contributed by atoms with Crippen LogP contribution in [0.5, 0.6) is 0 Å². The van der Waals surface area contributed by atoms with E-state index in [-0.39, 0.29) is 0 Å². The number of thiophene rings is 1. The molecule has 0 aliphatic heterocycles. The van der Waals surface area contributed by atoms with Gasteiger partial charge in [0.1, 0.15) is 17.1 Å². The Morgan fingerprint density at radius 1 is 1.10 bits per heavy atom. The molecular weight excluding hydrogens is 414 g/mol. The molecule has 3 rings (SSSR count). The second-order valence-electron chi connectivity index (χ2n) is 7.51. The quantitative estimate of drug-likeness (QED) is 0.528. The highest BCUT2D eigenvalue weighted by Gasteiger charge is 2.26. The number of fused-ring (bicyclic) bond motifs is 1. The number of carbonyl (C=O) groups excluding carboxylic acids is 3. The van der Waals surface area contributed by atoms with Crippen LogP contribution in [0.1, 0.15) is 59.5 Å². The van der Waals surface area contributed by atoms with Gasteiger partial charge >= 0.3 is 5.97 Å². The van der Waals surface area contributed by atoms with E-state index in [4.69, 9.17) is 4.74 Å². The molecule has 1 aromatic heterocycles. The molecule has 2 aromatic rings. The first-order chi connectivity index (χ1) is 14.9. The number of amides is 2. The van der Waals surface area contributed by atoms with E-state index >= 15 is 0 Å². The molecule has 0 spiro atoms. The van der Waals surface area contributed by atoms with Crippen LogP contribution in [0.3, 0.4) is 0 Å². The number of ether oxygens (including phenoxy) is 1. The number of esters is 1. The molecule has 2 amide bonds. The summed E-state index contributed by atoms with van der Waals surface area (Å²) in [6, 6.07) is 9.81. The number of nitriles is 1. The van der Waals surface area contributed by atoms with Gasteiger partial charge in [0.2, 0.25) is 0 Å². The summed E-state index contributed by atoms with van der Waals surface area (Å²) in [5.74, 6) is -1.63. The second kappa shape index (κ2) is 10.2. The van der Waals surface area contributed by atoms with Crippen molar-refractivity contribution >= 4 is 34.1 Å². The van der Waals surface area contributed by atoms with Crippen LogP contribution in [-0.4, -0.2) is 29.9 Å². The van der Waals surface area contributed by atoms with Gasteiger partial charge in [-0.25, -0.2) is 4.79 Å². The van der Waals surface area contributed by atoms with Gasteiger partial charge in [-0.1, -0.05) is 24.6 Å². The van der Waals surface area contributed by atoms with E-state index in [1.165, 1.54) is 25.2 Å². The molecule has 8 heteroatoms. The Kier molecular flexibility index (Phi) is 7.42. The fourth-order valence-corrected chi connectivity index (χ4v) is 4.66. The van der Waals surface area contributed by atoms with Crippen molar-refractivity contribution in [3.63, 3.8) is 0 Å². The van der Waals surface area contributed by atoms with Crippen LogP contribution < -0.4 is 10.6 Å². The molecule has 0 saturated carbocycles. The molecule has 1 aliphatic rings. The molecular formula is C23H25N3O4S. The maximum atomic E-state index is 12.6. The summed E-state index contributed by atoms with van der Waals surface area (Å²) in [5.41, 5.74) is 1.97. The molecule has 1 aliphatic carbocycles. The monoisotopic (exact) mass is 439 g/mol. The molecule has 0 radical (unpaired) electrons. The van der Waals surface area contributed by atoms with E-state index in [1.807, 2.05) is 0 Å². The van der Waals surface area contributed by atoms with Crippen molar-refractivity contribution in [2.75, 3.05) is 5.32 Å². The Morgan fingerprint density at radius 2 is 1.81 bits per heavy atom. The van der Waals surface area contributed by atoms with E-state index in [1.54, 1.807) is 30.3 Å². The number of anilines is 1. The van der Waals surface area contributed by atoms with E-state index < -0.39 is 29.9 Å². The SMILES string of the molecule is CC(OC(=O)[C@H](C)NC(=O)c1ccccc1)C(=O)Nc1sc2c(c1C#N)CCCCC2. The highest BCUT2D eigenvalue weighted by atomic mass is 32.1. The maximum absolute atomic E-state index is 12.6. The molecule has 2 atom stereocenters. The van der Waals surface area contributed by atoms with E-state index in [0.717, 1.165) is 42.5 Å². The average Bonchev–Trinajstić information content (AvgIpc) is 2.92. The third-order valence-electron chi connectivity index (χ3n) is 5.17. The van der Waals surface area contributed by atoms with Crippen molar-refractivity contribution in [2.45, 2.75) is 58.1 Å².